The minimum Gasteiger partial charge on any atom is -1.00 e. The molecule has 29 heavy (non-hydrogen) atoms. The molecular formula is C14H19BCl3F4N3OS3. The first-order chi connectivity index (χ1) is 12.5. The number of aromatic nitrogens is 2. The molecule has 0 N–H and O–H groups in total. The molecule has 2 aromatic rings. The lowest BCUT2D eigenvalue weighted by atomic mass is 10.5. The van der Waals surface area contributed by atoms with E-state index in [2.05, 4.69) is 28.8 Å². The number of aryl methyl sites for hydroxylation is 2. The van der Waals surface area contributed by atoms with Gasteiger partial charge in [-0.05, 0) is 32.5 Å². The zero-order valence-electron chi connectivity index (χ0n) is 15.8. The predicted octanol–water partition coefficient (Wildman–Crippen LogP) is 3.22. The van der Waals surface area contributed by atoms with Crippen LogP contribution in [0.3, 0.4) is 0 Å². The van der Waals surface area contributed by atoms with Crippen molar-refractivity contribution in [1.82, 2.24) is 4.98 Å². The summed E-state index contributed by atoms with van der Waals surface area (Å²) in [6, 6.07) is 0. The molecule has 0 bridgehead atoms. The van der Waals surface area contributed by atoms with Crippen molar-refractivity contribution in [2.24, 2.45) is 0 Å². The number of hydrogen-bond donors (Lipinski definition) is 0. The first kappa shape index (κ1) is 35.8. The van der Waals surface area contributed by atoms with E-state index in [1.165, 1.54) is 24.0 Å². The van der Waals surface area contributed by atoms with Crippen LogP contribution < -0.4 is 9.27 Å². The second-order valence-electron chi connectivity index (χ2n) is 4.45. The Hall–Kier alpha value is -0.575. The van der Waals surface area contributed by atoms with Crippen LogP contribution in [0, 0.1) is 24.5 Å². The van der Waals surface area contributed by atoms with Crippen molar-refractivity contribution in [3.8, 4) is 5.40 Å². The van der Waals surface area contributed by atoms with E-state index in [-0.39, 0.29) is 22.9 Å². The van der Waals surface area contributed by atoms with Gasteiger partial charge in [0, 0.05) is 29.6 Å². The molecule has 0 saturated heterocycles. The standard InChI is InChI=1S/C6H9ClNS.C4H4ClNS.C4H5NOS.BF3.ClH.FH/c1-3-8-5(2)4-9-6(8)7;1-3-2-7-4(5)6-3;1-4(6)2-7-3-5;2-1(3)4;;/h4H,3H2,1-2H3;2H,1H3;2H2,1H3;;2*1H/q+1;;;;;/p-1. The molecule has 0 aliphatic rings. The monoisotopic (exact) mass is 533 g/mol. The number of halogens is 7. The van der Waals surface area contributed by atoms with Crippen molar-refractivity contribution < 1.29 is 27.0 Å². The van der Waals surface area contributed by atoms with Crippen LogP contribution in [0.25, 0.3) is 0 Å². The molecular weight excluding hydrogens is 516 g/mol. The Balaban J connectivity index is -0.000000145. The maximum Gasteiger partial charge on any atom is 0.762 e. The number of thiocyanates is 1. The van der Waals surface area contributed by atoms with E-state index in [9.17, 15) is 17.7 Å². The molecule has 0 aliphatic carbocycles. The minimum atomic E-state index is -3.67. The molecule has 0 fully saturated rings. The average Bonchev–Trinajstić information content (AvgIpc) is 3.10. The van der Waals surface area contributed by atoms with Gasteiger partial charge in [0.05, 0.1) is 11.1 Å². The molecule has 2 rings (SSSR count). The van der Waals surface area contributed by atoms with Gasteiger partial charge in [-0.3, -0.25) is 17.7 Å². The van der Waals surface area contributed by atoms with Crippen LogP contribution >= 0.6 is 70.0 Å². The molecule has 2 aromatic heterocycles. The summed E-state index contributed by atoms with van der Waals surface area (Å²) in [5.74, 6) is 0.364. The number of Topliss-reactive ketones (excluding diaryl/α,β-unsaturated/α-hetero) is 1. The number of rotatable bonds is 3. The van der Waals surface area contributed by atoms with Gasteiger partial charge in [0.25, 0.3) is 0 Å². The molecule has 4 nitrogen and oxygen atoms in total. The number of carbonyl (C=O) groups is 1. The van der Waals surface area contributed by atoms with Gasteiger partial charge in [-0.15, -0.1) is 23.7 Å². The first-order valence-corrected chi connectivity index (χ1v) is 10.7. The number of nitriles is 1. The topological polar surface area (TPSA) is 57.6 Å². The highest BCUT2D eigenvalue weighted by Gasteiger charge is 2.11. The van der Waals surface area contributed by atoms with Crippen LogP contribution in [0.5, 0.6) is 0 Å². The normalized spacial score (nSPS) is 8.14. The van der Waals surface area contributed by atoms with Crippen LogP contribution in [0.15, 0.2) is 10.8 Å². The molecule has 0 aromatic carbocycles. The van der Waals surface area contributed by atoms with Crippen molar-refractivity contribution in [3.63, 3.8) is 0 Å². The molecule has 15 heteroatoms. The molecule has 0 saturated carbocycles. The summed E-state index contributed by atoms with van der Waals surface area (Å²) in [6.07, 6.45) is 0. The van der Waals surface area contributed by atoms with Crippen molar-refractivity contribution in [2.75, 3.05) is 5.75 Å². The van der Waals surface area contributed by atoms with Crippen LogP contribution in [0.4, 0.5) is 12.9 Å². The third-order valence-corrected chi connectivity index (χ3v) is 5.33. The Bertz CT molecular complexity index is 679. The largest absolute Gasteiger partial charge is 1.00 e. The smallest absolute Gasteiger partial charge is 0.762 e. The summed E-state index contributed by atoms with van der Waals surface area (Å²) < 4.78 is 32.6. The number of hydrogen-bond acceptors (Lipinski definition) is 6. The highest BCUT2D eigenvalue weighted by Crippen LogP contribution is 2.13. The number of thioether (sulfide) groups is 1. The number of ketones is 1. The van der Waals surface area contributed by atoms with Crippen LogP contribution in [-0.2, 0) is 11.3 Å². The van der Waals surface area contributed by atoms with Crippen molar-refractivity contribution >= 4 is 83.4 Å². The molecule has 0 spiro atoms. The molecule has 0 radical (unpaired) electrons. The average molecular weight is 535 g/mol. The summed E-state index contributed by atoms with van der Waals surface area (Å²) in [6.45, 7) is 8.50. The molecule has 0 aliphatic heterocycles. The van der Waals surface area contributed by atoms with Gasteiger partial charge in [0.15, 0.2) is 10.2 Å². The molecule has 0 atom stereocenters. The highest BCUT2D eigenvalue weighted by molar-refractivity contribution is 8.04. The lowest BCUT2D eigenvalue weighted by Gasteiger charge is -1.86. The van der Waals surface area contributed by atoms with Gasteiger partial charge in [-0.1, -0.05) is 22.9 Å². The van der Waals surface area contributed by atoms with E-state index in [1.807, 2.05) is 12.3 Å². The summed E-state index contributed by atoms with van der Waals surface area (Å²) in [4.78, 5) is 13.9. The Labute approximate surface area is 196 Å². The zero-order valence-corrected chi connectivity index (χ0v) is 20.6. The molecule has 2 heterocycles. The van der Waals surface area contributed by atoms with Gasteiger partial charge in [0.2, 0.25) is 0 Å². The zero-order chi connectivity index (χ0) is 21.4. The predicted molar refractivity (Wildman–Crippen MR) is 117 cm³/mol. The van der Waals surface area contributed by atoms with Gasteiger partial charge in [-0.2, -0.15) is 9.83 Å². The Morgan fingerprint density at radius 1 is 1.31 bits per heavy atom. The van der Waals surface area contributed by atoms with E-state index in [0.29, 0.717) is 10.2 Å². The summed E-state index contributed by atoms with van der Waals surface area (Å²) in [7, 11) is -3.67. The van der Waals surface area contributed by atoms with E-state index < -0.39 is 7.54 Å². The van der Waals surface area contributed by atoms with Crippen molar-refractivity contribution in [3.05, 3.63) is 31.1 Å². The lowest BCUT2D eigenvalue weighted by molar-refractivity contribution is -0.692. The molecule has 166 valence electrons. The second kappa shape index (κ2) is 22.1. The third-order valence-electron chi connectivity index (χ3n) is 2.21. The third kappa shape index (κ3) is 23.6. The fourth-order valence-corrected chi connectivity index (χ4v) is 3.47. The van der Waals surface area contributed by atoms with E-state index in [1.54, 1.807) is 16.7 Å². The lowest BCUT2D eigenvalue weighted by Crippen LogP contribution is -3.00. The second-order valence-corrected chi connectivity index (χ2v) is 8.09. The van der Waals surface area contributed by atoms with Crippen molar-refractivity contribution in [2.45, 2.75) is 34.2 Å². The highest BCUT2D eigenvalue weighted by atomic mass is 35.5. The fraction of sp³-hybridized carbons (Fsp3) is 0.429. The minimum absolute atomic E-state index is 0. The summed E-state index contributed by atoms with van der Waals surface area (Å²) >= 11 is 15.3. The van der Waals surface area contributed by atoms with Gasteiger partial charge >= 0.3 is 12.0 Å². The maximum absolute atomic E-state index is 10.0. The maximum atomic E-state index is 10.0. The number of thiazole rings is 2. The Morgan fingerprint density at radius 3 is 1.97 bits per heavy atom. The molecule has 0 amide bonds. The summed E-state index contributed by atoms with van der Waals surface area (Å²) in [5, 5.41) is 13.7. The van der Waals surface area contributed by atoms with E-state index in [0.717, 1.165) is 28.5 Å². The number of nitrogens with zero attached hydrogens (tertiary/aromatic N) is 3. The SMILES string of the molecule is CC(=O)CSC#N.CC[n+]1c(C)csc1Cl.Cc1csc(Cl)n1.Cl.FB(F)F.[F-]. The molecule has 0 unspecified atom stereocenters. The van der Waals surface area contributed by atoms with Crippen LogP contribution in [-0.4, -0.2) is 24.1 Å². The van der Waals surface area contributed by atoms with Gasteiger partial charge in [0.1, 0.15) is 17.7 Å². The van der Waals surface area contributed by atoms with E-state index >= 15 is 0 Å². The van der Waals surface area contributed by atoms with Crippen molar-refractivity contribution in [1.29, 1.82) is 5.26 Å². The van der Waals surface area contributed by atoms with Gasteiger partial charge < -0.3 is 4.70 Å². The van der Waals surface area contributed by atoms with E-state index in [4.69, 9.17) is 28.5 Å². The van der Waals surface area contributed by atoms with Gasteiger partial charge in [-0.25, -0.2) is 4.98 Å². The van der Waals surface area contributed by atoms with Crippen LogP contribution in [0.1, 0.15) is 25.2 Å². The quantitative estimate of drug-likeness (QED) is 0.263. The van der Waals surface area contributed by atoms with Crippen LogP contribution in [0.2, 0.25) is 8.93 Å². The fourth-order valence-electron chi connectivity index (χ4n) is 1.23. The first-order valence-electron chi connectivity index (χ1n) is 7.18. The summed E-state index contributed by atoms with van der Waals surface area (Å²) in [5.41, 5.74) is 2.24. The number of carbonyl (C=O) groups excluding carboxylic acids is 1. The Morgan fingerprint density at radius 2 is 1.83 bits per heavy atom. The Kier molecular flexibility index (Phi) is 27.3.